The second kappa shape index (κ2) is 5.77. The Morgan fingerprint density at radius 3 is 2.95 bits per heavy atom. The molecule has 6 nitrogen and oxygen atoms in total. The smallest absolute Gasteiger partial charge is 0.218 e. The number of benzene rings is 1. The highest BCUT2D eigenvalue weighted by atomic mass is 32.2. The van der Waals surface area contributed by atoms with Crippen molar-refractivity contribution < 1.29 is 12.8 Å². The number of aromatic nitrogens is 3. The fourth-order valence-corrected chi connectivity index (χ4v) is 4.52. The fourth-order valence-electron chi connectivity index (χ4n) is 2.76. The van der Waals surface area contributed by atoms with Crippen molar-refractivity contribution >= 4 is 10.0 Å². The lowest BCUT2D eigenvalue weighted by molar-refractivity contribution is 0.383. The van der Waals surface area contributed by atoms with E-state index < -0.39 is 15.8 Å². The number of aromatic amines is 1. The average Bonchev–Trinajstić information content (AvgIpc) is 3.06. The van der Waals surface area contributed by atoms with Crippen LogP contribution in [0.15, 0.2) is 24.3 Å². The zero-order chi connectivity index (χ0) is 15.7. The molecule has 1 N–H and O–H groups in total. The van der Waals surface area contributed by atoms with Crippen LogP contribution in [0, 0.1) is 12.7 Å². The number of nitrogens with one attached hydrogen (secondary N) is 1. The van der Waals surface area contributed by atoms with E-state index >= 15 is 0 Å². The van der Waals surface area contributed by atoms with Crippen LogP contribution in [-0.4, -0.2) is 34.4 Å². The largest absolute Gasteiger partial charge is 0.263 e. The van der Waals surface area contributed by atoms with Crippen LogP contribution in [0.2, 0.25) is 0 Å². The van der Waals surface area contributed by atoms with E-state index in [1.807, 2.05) is 0 Å². The van der Waals surface area contributed by atoms with Crippen molar-refractivity contribution in [1.29, 1.82) is 0 Å². The van der Waals surface area contributed by atoms with Crippen molar-refractivity contribution in [3.8, 4) is 0 Å². The first-order valence-electron chi connectivity index (χ1n) is 7.08. The fraction of sp³-hybridized carbons (Fsp3) is 0.429. The molecule has 22 heavy (non-hydrogen) atoms. The monoisotopic (exact) mass is 324 g/mol. The van der Waals surface area contributed by atoms with Gasteiger partial charge in [-0.1, -0.05) is 12.1 Å². The number of nitrogens with zero attached hydrogens (tertiary/aromatic N) is 3. The quantitative estimate of drug-likeness (QED) is 0.932. The standard InChI is InChI=1S/C14H17FN4O2S/c1-10-16-14(18-17-10)13-6-3-7-19(13)22(20,21)9-11-4-2-5-12(15)8-11/h2,4-5,8,13H,3,6-7,9H2,1H3,(H,16,17,18)/t13-/m0/s1. The number of rotatable bonds is 4. The SMILES string of the molecule is Cc1nc([C@@H]2CCCN2S(=O)(=O)Cc2cccc(F)c2)n[nH]1. The highest BCUT2D eigenvalue weighted by Gasteiger charge is 2.37. The van der Waals surface area contributed by atoms with Crippen molar-refractivity contribution in [2.45, 2.75) is 31.6 Å². The Bertz CT molecular complexity index is 775. The van der Waals surface area contributed by atoms with Crippen LogP contribution in [0.3, 0.4) is 0 Å². The highest BCUT2D eigenvalue weighted by Crippen LogP contribution is 2.33. The van der Waals surface area contributed by atoms with Crippen LogP contribution < -0.4 is 0 Å². The lowest BCUT2D eigenvalue weighted by atomic mass is 10.2. The van der Waals surface area contributed by atoms with Gasteiger partial charge in [0, 0.05) is 6.54 Å². The molecule has 2 aromatic rings. The van der Waals surface area contributed by atoms with Crippen LogP contribution in [0.25, 0.3) is 0 Å². The molecule has 0 saturated carbocycles. The zero-order valence-corrected chi connectivity index (χ0v) is 13.0. The molecule has 0 bridgehead atoms. The molecule has 1 aromatic carbocycles. The molecule has 8 heteroatoms. The third kappa shape index (κ3) is 3.02. The Balaban J connectivity index is 1.84. The van der Waals surface area contributed by atoms with Crippen molar-refractivity contribution in [3.05, 3.63) is 47.3 Å². The summed E-state index contributed by atoms with van der Waals surface area (Å²) >= 11 is 0. The van der Waals surface area contributed by atoms with Gasteiger partial charge in [0.15, 0.2) is 5.82 Å². The number of sulfonamides is 1. The summed E-state index contributed by atoms with van der Waals surface area (Å²) in [5.41, 5.74) is 0.441. The van der Waals surface area contributed by atoms with Crippen LogP contribution in [0.1, 0.15) is 36.1 Å². The van der Waals surface area contributed by atoms with E-state index in [1.165, 1.54) is 22.5 Å². The maximum absolute atomic E-state index is 13.2. The molecule has 1 aromatic heterocycles. The Labute approximate surface area is 128 Å². The number of aryl methyl sites for hydroxylation is 1. The molecule has 0 radical (unpaired) electrons. The molecule has 118 valence electrons. The van der Waals surface area contributed by atoms with E-state index in [9.17, 15) is 12.8 Å². The normalized spacial score (nSPS) is 19.6. The highest BCUT2D eigenvalue weighted by molar-refractivity contribution is 7.88. The van der Waals surface area contributed by atoms with Crippen molar-refractivity contribution in [2.75, 3.05) is 6.54 Å². The first-order chi connectivity index (χ1) is 10.5. The van der Waals surface area contributed by atoms with E-state index in [-0.39, 0.29) is 11.8 Å². The third-order valence-electron chi connectivity index (χ3n) is 3.71. The minimum atomic E-state index is -3.55. The van der Waals surface area contributed by atoms with Gasteiger partial charge in [-0.3, -0.25) is 5.10 Å². The molecule has 1 fully saturated rings. The third-order valence-corrected chi connectivity index (χ3v) is 5.56. The van der Waals surface area contributed by atoms with Crippen molar-refractivity contribution in [3.63, 3.8) is 0 Å². The van der Waals surface area contributed by atoms with Gasteiger partial charge in [0.2, 0.25) is 10.0 Å². The van der Waals surface area contributed by atoms with Gasteiger partial charge in [-0.25, -0.2) is 17.8 Å². The first-order valence-corrected chi connectivity index (χ1v) is 8.69. The summed E-state index contributed by atoms with van der Waals surface area (Å²) in [6.07, 6.45) is 1.46. The summed E-state index contributed by atoms with van der Waals surface area (Å²) in [6, 6.07) is 5.33. The second-order valence-corrected chi connectivity index (χ2v) is 7.36. The minimum Gasteiger partial charge on any atom is -0.263 e. The molecule has 1 aliphatic rings. The lowest BCUT2D eigenvalue weighted by Crippen LogP contribution is -2.32. The molecule has 0 spiro atoms. The molecule has 1 atom stereocenters. The number of H-pyrrole nitrogens is 1. The summed E-state index contributed by atoms with van der Waals surface area (Å²) in [5.74, 6) is 0.502. The summed E-state index contributed by atoms with van der Waals surface area (Å²) in [4.78, 5) is 4.24. The predicted molar refractivity (Wildman–Crippen MR) is 78.8 cm³/mol. The molecule has 0 unspecified atom stereocenters. The van der Waals surface area contributed by atoms with Crippen LogP contribution >= 0.6 is 0 Å². The summed E-state index contributed by atoms with van der Waals surface area (Å²) in [5, 5.41) is 6.82. The maximum Gasteiger partial charge on any atom is 0.218 e. The molecule has 3 rings (SSSR count). The topological polar surface area (TPSA) is 79.0 Å². The van der Waals surface area contributed by atoms with Crippen LogP contribution in [-0.2, 0) is 15.8 Å². The van der Waals surface area contributed by atoms with Crippen LogP contribution in [0.5, 0.6) is 0 Å². The second-order valence-electron chi connectivity index (χ2n) is 5.43. The molecular weight excluding hydrogens is 307 g/mol. The van der Waals surface area contributed by atoms with E-state index in [0.29, 0.717) is 30.2 Å². The molecule has 2 heterocycles. The van der Waals surface area contributed by atoms with Gasteiger partial charge in [0.25, 0.3) is 0 Å². The van der Waals surface area contributed by atoms with Crippen molar-refractivity contribution in [2.24, 2.45) is 0 Å². The molecule has 0 aliphatic carbocycles. The van der Waals surface area contributed by atoms with Gasteiger partial charge >= 0.3 is 0 Å². The van der Waals surface area contributed by atoms with Gasteiger partial charge in [-0.2, -0.15) is 9.40 Å². The van der Waals surface area contributed by atoms with E-state index in [0.717, 1.165) is 6.42 Å². The van der Waals surface area contributed by atoms with Gasteiger partial charge < -0.3 is 0 Å². The lowest BCUT2D eigenvalue weighted by Gasteiger charge is -2.22. The molecule has 0 amide bonds. The molecular formula is C14H17FN4O2S. The van der Waals surface area contributed by atoms with Gasteiger partial charge in [-0.05, 0) is 37.5 Å². The van der Waals surface area contributed by atoms with Gasteiger partial charge in [0.05, 0.1) is 11.8 Å². The minimum absolute atomic E-state index is 0.218. The first kappa shape index (κ1) is 15.1. The zero-order valence-electron chi connectivity index (χ0n) is 12.2. The summed E-state index contributed by atoms with van der Waals surface area (Å²) < 4.78 is 39.9. The summed E-state index contributed by atoms with van der Waals surface area (Å²) in [6.45, 7) is 2.22. The predicted octanol–water partition coefficient (Wildman–Crippen LogP) is 1.92. The molecule has 1 aliphatic heterocycles. The van der Waals surface area contributed by atoms with Crippen molar-refractivity contribution in [1.82, 2.24) is 19.5 Å². The Morgan fingerprint density at radius 2 is 2.27 bits per heavy atom. The Morgan fingerprint density at radius 1 is 1.45 bits per heavy atom. The van der Waals surface area contributed by atoms with Gasteiger partial charge in [-0.15, -0.1) is 0 Å². The van der Waals surface area contributed by atoms with Gasteiger partial charge in [0.1, 0.15) is 11.6 Å². The van der Waals surface area contributed by atoms with Crippen LogP contribution in [0.4, 0.5) is 4.39 Å². The number of hydrogen-bond donors (Lipinski definition) is 1. The Kier molecular flexibility index (Phi) is 3.96. The molecule has 1 saturated heterocycles. The maximum atomic E-state index is 13.2. The van der Waals surface area contributed by atoms with E-state index in [4.69, 9.17) is 0 Å². The number of hydrogen-bond acceptors (Lipinski definition) is 4. The number of halogens is 1. The van der Waals surface area contributed by atoms with E-state index in [2.05, 4.69) is 15.2 Å². The van der Waals surface area contributed by atoms with E-state index in [1.54, 1.807) is 13.0 Å². The Hall–Kier alpha value is -1.80. The summed E-state index contributed by atoms with van der Waals surface area (Å²) in [7, 11) is -3.55. The average molecular weight is 324 g/mol.